The molecule has 3 N–H and O–H groups in total. The summed E-state index contributed by atoms with van der Waals surface area (Å²) < 4.78 is 13.7. The highest BCUT2D eigenvalue weighted by Crippen LogP contribution is 2.32. The summed E-state index contributed by atoms with van der Waals surface area (Å²) in [7, 11) is 0. The van der Waals surface area contributed by atoms with Gasteiger partial charge in [0.2, 0.25) is 0 Å². The second kappa shape index (κ2) is 4.39. The molecule has 3 rings (SSSR count). The van der Waals surface area contributed by atoms with Crippen molar-refractivity contribution in [2.75, 3.05) is 0 Å². The van der Waals surface area contributed by atoms with Crippen molar-refractivity contribution in [1.82, 2.24) is 4.98 Å². The first-order chi connectivity index (χ1) is 8.66. The van der Waals surface area contributed by atoms with E-state index < -0.39 is 0 Å². The van der Waals surface area contributed by atoms with Crippen LogP contribution in [-0.4, -0.2) is 11.0 Å². The normalized spacial score (nSPS) is 23.9. The molecule has 0 radical (unpaired) electrons. The Hall–Kier alpha value is -1.35. The van der Waals surface area contributed by atoms with Crippen molar-refractivity contribution in [2.45, 2.75) is 38.6 Å². The fourth-order valence-electron chi connectivity index (χ4n) is 3.21. The molecule has 0 saturated heterocycles. The van der Waals surface area contributed by atoms with Crippen molar-refractivity contribution < 1.29 is 4.39 Å². The van der Waals surface area contributed by atoms with Gasteiger partial charge in [-0.25, -0.2) is 4.39 Å². The van der Waals surface area contributed by atoms with Crippen molar-refractivity contribution in [3.05, 3.63) is 35.3 Å². The molecule has 2 aromatic rings. The van der Waals surface area contributed by atoms with E-state index in [0.717, 1.165) is 23.9 Å². The predicted octanol–water partition coefficient (Wildman–Crippen LogP) is 3.29. The second-order valence-corrected chi connectivity index (χ2v) is 5.45. The molecule has 0 spiro atoms. The molecule has 1 aliphatic carbocycles. The fraction of sp³-hybridized carbons (Fsp3) is 0.467. The van der Waals surface area contributed by atoms with E-state index in [4.69, 9.17) is 5.73 Å². The number of aryl methyl sites for hydroxylation is 1. The lowest BCUT2D eigenvalue weighted by Gasteiger charge is -2.15. The number of H-pyrrole nitrogens is 1. The number of benzene rings is 1. The molecule has 1 saturated carbocycles. The highest BCUT2D eigenvalue weighted by molar-refractivity contribution is 5.85. The Labute approximate surface area is 106 Å². The summed E-state index contributed by atoms with van der Waals surface area (Å²) in [5.41, 5.74) is 9.09. The van der Waals surface area contributed by atoms with Crippen LogP contribution >= 0.6 is 0 Å². The number of hydrogen-bond acceptors (Lipinski definition) is 1. The Morgan fingerprint density at radius 3 is 2.94 bits per heavy atom. The van der Waals surface area contributed by atoms with Crippen LogP contribution in [0, 0.1) is 18.7 Å². The summed E-state index contributed by atoms with van der Waals surface area (Å²) in [6, 6.07) is 5.59. The lowest BCUT2D eigenvalue weighted by Crippen LogP contribution is -2.25. The average molecular weight is 246 g/mol. The maximum Gasteiger partial charge on any atom is 0.147 e. The van der Waals surface area contributed by atoms with E-state index in [0.29, 0.717) is 17.5 Å². The van der Waals surface area contributed by atoms with Gasteiger partial charge in [-0.2, -0.15) is 0 Å². The molecular formula is C15H19FN2. The first kappa shape index (κ1) is 11.7. The zero-order valence-electron chi connectivity index (χ0n) is 10.7. The van der Waals surface area contributed by atoms with Gasteiger partial charge in [0.15, 0.2) is 0 Å². The zero-order chi connectivity index (χ0) is 12.7. The summed E-state index contributed by atoms with van der Waals surface area (Å²) in [5, 5.41) is 1.02. The van der Waals surface area contributed by atoms with E-state index in [1.165, 1.54) is 24.5 Å². The van der Waals surface area contributed by atoms with Crippen LogP contribution in [-0.2, 0) is 6.42 Å². The highest BCUT2D eigenvalue weighted by atomic mass is 19.1. The van der Waals surface area contributed by atoms with E-state index in [9.17, 15) is 4.39 Å². The number of nitrogens with two attached hydrogens (primary N) is 1. The number of aromatic amines is 1. The first-order valence-corrected chi connectivity index (χ1v) is 6.68. The van der Waals surface area contributed by atoms with E-state index in [1.54, 1.807) is 6.07 Å². The van der Waals surface area contributed by atoms with Crippen LogP contribution < -0.4 is 5.73 Å². The van der Waals surface area contributed by atoms with Crippen LogP contribution in [0.25, 0.3) is 10.9 Å². The minimum absolute atomic E-state index is 0.169. The lowest BCUT2D eigenvalue weighted by atomic mass is 9.93. The van der Waals surface area contributed by atoms with Gasteiger partial charge < -0.3 is 10.7 Å². The van der Waals surface area contributed by atoms with Crippen LogP contribution in [0.2, 0.25) is 0 Å². The molecule has 0 amide bonds. The van der Waals surface area contributed by atoms with Crippen molar-refractivity contribution in [2.24, 2.45) is 11.7 Å². The molecule has 2 nitrogen and oxygen atoms in total. The maximum absolute atomic E-state index is 13.7. The summed E-state index contributed by atoms with van der Waals surface area (Å²) in [6.07, 6.45) is 4.51. The average Bonchev–Trinajstić information content (AvgIpc) is 2.87. The fourth-order valence-corrected chi connectivity index (χ4v) is 3.21. The quantitative estimate of drug-likeness (QED) is 0.839. The molecule has 3 heteroatoms. The Morgan fingerprint density at radius 1 is 1.39 bits per heavy atom. The Morgan fingerprint density at radius 2 is 2.22 bits per heavy atom. The summed E-state index contributed by atoms with van der Waals surface area (Å²) >= 11 is 0. The van der Waals surface area contributed by atoms with Crippen molar-refractivity contribution in [1.29, 1.82) is 0 Å². The number of nitrogens with one attached hydrogen (secondary N) is 1. The SMILES string of the molecule is Cc1[nH]c2c(F)cccc2c1CC1CCCC1N. The van der Waals surface area contributed by atoms with E-state index in [1.807, 2.05) is 13.0 Å². The Kier molecular flexibility index (Phi) is 2.86. The van der Waals surface area contributed by atoms with Crippen LogP contribution in [0.3, 0.4) is 0 Å². The summed E-state index contributed by atoms with van der Waals surface area (Å²) in [6.45, 7) is 2.02. The van der Waals surface area contributed by atoms with Crippen LogP contribution in [0.15, 0.2) is 18.2 Å². The number of hydrogen-bond donors (Lipinski definition) is 2. The Balaban J connectivity index is 2.01. The number of fused-ring (bicyclic) bond motifs is 1. The van der Waals surface area contributed by atoms with Crippen LogP contribution in [0.4, 0.5) is 4.39 Å². The number of halogens is 1. The predicted molar refractivity (Wildman–Crippen MR) is 72.0 cm³/mol. The molecular weight excluding hydrogens is 227 g/mol. The van der Waals surface area contributed by atoms with Gasteiger partial charge in [0.05, 0.1) is 5.52 Å². The number of aromatic nitrogens is 1. The third-order valence-corrected chi connectivity index (χ3v) is 4.29. The maximum atomic E-state index is 13.7. The topological polar surface area (TPSA) is 41.8 Å². The molecule has 1 heterocycles. The van der Waals surface area contributed by atoms with Gasteiger partial charge >= 0.3 is 0 Å². The van der Waals surface area contributed by atoms with Gasteiger partial charge in [-0.3, -0.25) is 0 Å². The molecule has 1 fully saturated rings. The van der Waals surface area contributed by atoms with Gasteiger partial charge in [0.25, 0.3) is 0 Å². The summed E-state index contributed by atoms with van der Waals surface area (Å²) in [4.78, 5) is 3.17. The molecule has 2 unspecified atom stereocenters. The smallest absolute Gasteiger partial charge is 0.147 e. The van der Waals surface area contributed by atoms with E-state index in [-0.39, 0.29) is 5.82 Å². The van der Waals surface area contributed by atoms with Crippen molar-refractivity contribution in [3.8, 4) is 0 Å². The monoisotopic (exact) mass is 246 g/mol. The molecule has 18 heavy (non-hydrogen) atoms. The second-order valence-electron chi connectivity index (χ2n) is 5.45. The molecule has 2 atom stereocenters. The molecule has 1 aromatic heterocycles. The minimum atomic E-state index is -0.169. The molecule has 0 bridgehead atoms. The highest BCUT2D eigenvalue weighted by Gasteiger charge is 2.25. The van der Waals surface area contributed by atoms with Gasteiger partial charge in [0.1, 0.15) is 5.82 Å². The van der Waals surface area contributed by atoms with Crippen molar-refractivity contribution >= 4 is 10.9 Å². The van der Waals surface area contributed by atoms with Crippen molar-refractivity contribution in [3.63, 3.8) is 0 Å². The standard InChI is InChI=1S/C15H19FN2/c1-9-12(8-10-4-2-7-14(10)17)11-5-3-6-13(16)15(11)18-9/h3,5-6,10,14,18H,2,4,7-8,17H2,1H3. The first-order valence-electron chi connectivity index (χ1n) is 6.68. The van der Waals surface area contributed by atoms with Crippen LogP contribution in [0.1, 0.15) is 30.5 Å². The largest absolute Gasteiger partial charge is 0.356 e. The zero-order valence-corrected chi connectivity index (χ0v) is 10.7. The van der Waals surface area contributed by atoms with Gasteiger partial charge in [-0.1, -0.05) is 18.6 Å². The molecule has 0 aliphatic heterocycles. The molecule has 96 valence electrons. The minimum Gasteiger partial charge on any atom is -0.356 e. The molecule has 1 aromatic carbocycles. The van der Waals surface area contributed by atoms with Gasteiger partial charge in [-0.15, -0.1) is 0 Å². The van der Waals surface area contributed by atoms with Gasteiger partial charge in [-0.05, 0) is 43.7 Å². The van der Waals surface area contributed by atoms with Gasteiger partial charge in [0, 0.05) is 17.1 Å². The third-order valence-electron chi connectivity index (χ3n) is 4.29. The number of para-hydroxylation sites is 1. The lowest BCUT2D eigenvalue weighted by molar-refractivity contribution is 0.479. The van der Waals surface area contributed by atoms with E-state index >= 15 is 0 Å². The van der Waals surface area contributed by atoms with E-state index in [2.05, 4.69) is 4.98 Å². The summed E-state index contributed by atoms with van der Waals surface area (Å²) in [5.74, 6) is 0.378. The third kappa shape index (κ3) is 1.83. The number of rotatable bonds is 2. The van der Waals surface area contributed by atoms with Crippen LogP contribution in [0.5, 0.6) is 0 Å². The molecule has 1 aliphatic rings. The Bertz CT molecular complexity index is 573.